The molecular weight excluding hydrogens is 342 g/mol. The maximum atomic E-state index is 12.8. The molecule has 4 rings (SSSR count). The minimum Gasteiger partial charge on any atom is -0.344 e. The van der Waals surface area contributed by atoms with Gasteiger partial charge in [-0.2, -0.15) is 0 Å². The molecule has 0 bridgehead atoms. The molecule has 2 fully saturated rings. The summed E-state index contributed by atoms with van der Waals surface area (Å²) in [6.07, 6.45) is 11.1. The van der Waals surface area contributed by atoms with E-state index in [0.717, 1.165) is 28.6 Å². The van der Waals surface area contributed by atoms with Crippen molar-refractivity contribution in [1.82, 2.24) is 14.8 Å². The molecule has 1 saturated heterocycles. The van der Waals surface area contributed by atoms with Crippen molar-refractivity contribution in [3.63, 3.8) is 0 Å². The predicted molar refractivity (Wildman–Crippen MR) is 108 cm³/mol. The van der Waals surface area contributed by atoms with Crippen LogP contribution >= 0.6 is 11.3 Å². The zero-order valence-corrected chi connectivity index (χ0v) is 16.7. The Morgan fingerprint density at radius 3 is 2.58 bits per heavy atom. The van der Waals surface area contributed by atoms with Gasteiger partial charge in [-0.1, -0.05) is 25.3 Å². The zero-order valence-electron chi connectivity index (χ0n) is 15.9. The molecule has 1 aliphatic carbocycles. The van der Waals surface area contributed by atoms with E-state index in [1.54, 1.807) is 16.2 Å². The number of likely N-dealkylation sites (tertiary alicyclic amines) is 1. The van der Waals surface area contributed by atoms with Gasteiger partial charge in [0, 0.05) is 31.7 Å². The molecule has 1 saturated carbocycles. The van der Waals surface area contributed by atoms with E-state index in [1.807, 2.05) is 26.4 Å². The van der Waals surface area contributed by atoms with Crippen LogP contribution in [0.2, 0.25) is 0 Å². The Balaban J connectivity index is 1.58. The fourth-order valence-corrected chi connectivity index (χ4v) is 5.97. The molecule has 0 aromatic carbocycles. The number of piperidine rings is 1. The van der Waals surface area contributed by atoms with E-state index in [-0.39, 0.29) is 5.91 Å². The molecule has 1 amide bonds. The van der Waals surface area contributed by atoms with Crippen molar-refractivity contribution in [3.05, 3.63) is 28.8 Å². The largest absolute Gasteiger partial charge is 0.344 e. The summed E-state index contributed by atoms with van der Waals surface area (Å²) in [6.45, 7) is 2.34. The number of aromatic nitrogens is 1. The molecular formula is C21H29N3OS. The minimum absolute atomic E-state index is 0.123. The Bertz CT molecular complexity index is 771. The summed E-state index contributed by atoms with van der Waals surface area (Å²) in [7, 11) is 3.69. The molecule has 2 aromatic heterocycles. The van der Waals surface area contributed by atoms with Gasteiger partial charge >= 0.3 is 0 Å². The lowest BCUT2D eigenvalue weighted by Crippen LogP contribution is -2.42. The molecule has 2 aliphatic rings. The quantitative estimate of drug-likeness (QED) is 0.796. The number of rotatable bonds is 3. The molecule has 26 heavy (non-hydrogen) atoms. The summed E-state index contributed by atoms with van der Waals surface area (Å²) >= 11 is 1.57. The number of amides is 1. The van der Waals surface area contributed by atoms with Crippen molar-refractivity contribution in [2.45, 2.75) is 56.9 Å². The molecule has 0 unspecified atom stereocenters. The Morgan fingerprint density at radius 2 is 1.88 bits per heavy atom. The lowest BCUT2D eigenvalue weighted by Gasteiger charge is -2.39. The van der Waals surface area contributed by atoms with Crippen LogP contribution in [0.5, 0.6) is 0 Å². The number of pyridine rings is 1. The van der Waals surface area contributed by atoms with Crippen LogP contribution in [0.15, 0.2) is 18.3 Å². The summed E-state index contributed by atoms with van der Waals surface area (Å²) in [5, 5.41) is 1.19. The maximum Gasteiger partial charge on any atom is 0.263 e. The SMILES string of the molecule is CN(C)C(=O)c1sc2ncccc2c1C1CCN(C2CCCCC2)CC1. The highest BCUT2D eigenvalue weighted by atomic mass is 32.1. The molecule has 4 nitrogen and oxygen atoms in total. The number of nitrogens with zero attached hydrogens (tertiary/aromatic N) is 3. The van der Waals surface area contributed by atoms with Crippen LogP contribution in [0.1, 0.15) is 66.1 Å². The van der Waals surface area contributed by atoms with Crippen LogP contribution in [0, 0.1) is 0 Å². The third-order valence-corrected chi connectivity index (χ3v) is 7.25. The van der Waals surface area contributed by atoms with Gasteiger partial charge in [0.25, 0.3) is 5.91 Å². The number of hydrogen-bond donors (Lipinski definition) is 0. The minimum atomic E-state index is 0.123. The van der Waals surface area contributed by atoms with Crippen LogP contribution in [-0.4, -0.2) is 53.9 Å². The third kappa shape index (κ3) is 3.39. The fraction of sp³-hybridized carbons (Fsp3) is 0.619. The van der Waals surface area contributed by atoms with Gasteiger partial charge in [-0.05, 0) is 56.3 Å². The fourth-order valence-electron chi connectivity index (χ4n) is 4.72. The smallest absolute Gasteiger partial charge is 0.263 e. The number of carbonyl (C=O) groups is 1. The van der Waals surface area contributed by atoms with Crippen molar-refractivity contribution in [3.8, 4) is 0 Å². The van der Waals surface area contributed by atoms with E-state index in [1.165, 1.54) is 56.1 Å². The summed E-state index contributed by atoms with van der Waals surface area (Å²) < 4.78 is 0. The standard InChI is InChI=1S/C21H29N3OS/c1-23(2)21(25)19-18(17-9-6-12-22-20(17)26-19)15-10-13-24(14-11-15)16-7-4-3-5-8-16/h6,9,12,15-16H,3-5,7-8,10-11,13-14H2,1-2H3. The number of fused-ring (bicyclic) bond motifs is 1. The second kappa shape index (κ2) is 7.65. The topological polar surface area (TPSA) is 36.4 Å². The van der Waals surface area contributed by atoms with Crippen LogP contribution in [0.25, 0.3) is 10.2 Å². The normalized spacial score (nSPS) is 20.5. The first-order valence-corrected chi connectivity index (χ1v) is 10.8. The first kappa shape index (κ1) is 17.9. The molecule has 3 heterocycles. The highest BCUT2D eigenvalue weighted by Crippen LogP contribution is 2.41. The van der Waals surface area contributed by atoms with Gasteiger partial charge in [-0.25, -0.2) is 4.98 Å². The van der Waals surface area contributed by atoms with Crippen molar-refractivity contribution in [1.29, 1.82) is 0 Å². The molecule has 5 heteroatoms. The molecule has 0 spiro atoms. The highest BCUT2D eigenvalue weighted by molar-refractivity contribution is 7.20. The Morgan fingerprint density at radius 1 is 1.15 bits per heavy atom. The van der Waals surface area contributed by atoms with Gasteiger partial charge in [-0.3, -0.25) is 4.79 Å². The van der Waals surface area contributed by atoms with Crippen LogP contribution in [0.4, 0.5) is 0 Å². The molecule has 140 valence electrons. The summed E-state index contributed by atoms with van der Waals surface area (Å²) in [6, 6.07) is 4.95. The highest BCUT2D eigenvalue weighted by Gasteiger charge is 2.31. The van der Waals surface area contributed by atoms with Crippen molar-refractivity contribution < 1.29 is 4.79 Å². The summed E-state index contributed by atoms with van der Waals surface area (Å²) in [5.74, 6) is 0.601. The number of carbonyl (C=O) groups excluding carboxylic acids is 1. The molecule has 0 atom stereocenters. The third-order valence-electron chi connectivity index (χ3n) is 6.13. The van der Waals surface area contributed by atoms with Crippen molar-refractivity contribution >= 4 is 27.5 Å². The van der Waals surface area contributed by atoms with Gasteiger partial charge in [-0.15, -0.1) is 11.3 Å². The first-order valence-electron chi connectivity index (χ1n) is 9.98. The van der Waals surface area contributed by atoms with Crippen molar-refractivity contribution in [2.24, 2.45) is 0 Å². The molecule has 1 aliphatic heterocycles. The second-order valence-corrected chi connectivity index (χ2v) is 9.00. The van der Waals surface area contributed by atoms with Crippen LogP contribution in [0.3, 0.4) is 0 Å². The predicted octanol–water partition coefficient (Wildman–Crippen LogP) is 4.51. The second-order valence-electron chi connectivity index (χ2n) is 8.00. The van der Waals surface area contributed by atoms with E-state index in [0.29, 0.717) is 5.92 Å². The zero-order chi connectivity index (χ0) is 18.1. The summed E-state index contributed by atoms with van der Waals surface area (Å²) in [5.41, 5.74) is 1.26. The Hall–Kier alpha value is -1.46. The molecule has 0 radical (unpaired) electrons. The van der Waals surface area contributed by atoms with Gasteiger partial charge in [0.15, 0.2) is 0 Å². The van der Waals surface area contributed by atoms with E-state index < -0.39 is 0 Å². The van der Waals surface area contributed by atoms with Gasteiger partial charge in [0.2, 0.25) is 0 Å². The molecule has 2 aromatic rings. The van der Waals surface area contributed by atoms with Gasteiger partial charge in [0.05, 0.1) is 4.88 Å². The van der Waals surface area contributed by atoms with Crippen LogP contribution < -0.4 is 0 Å². The summed E-state index contributed by atoms with van der Waals surface area (Å²) in [4.78, 5) is 23.6. The van der Waals surface area contributed by atoms with E-state index in [2.05, 4.69) is 16.0 Å². The average molecular weight is 372 g/mol. The monoisotopic (exact) mass is 371 g/mol. The van der Waals surface area contributed by atoms with Crippen molar-refractivity contribution in [2.75, 3.05) is 27.2 Å². The lowest BCUT2D eigenvalue weighted by molar-refractivity contribution is 0.0829. The van der Waals surface area contributed by atoms with E-state index in [4.69, 9.17) is 0 Å². The average Bonchev–Trinajstić information content (AvgIpc) is 3.07. The van der Waals surface area contributed by atoms with Crippen LogP contribution in [-0.2, 0) is 0 Å². The Kier molecular flexibility index (Phi) is 5.28. The Labute approximate surface area is 160 Å². The maximum absolute atomic E-state index is 12.8. The van der Waals surface area contributed by atoms with Gasteiger partial charge in [0.1, 0.15) is 4.83 Å². The lowest BCUT2D eigenvalue weighted by atomic mass is 9.85. The number of hydrogen-bond acceptors (Lipinski definition) is 4. The number of thiophene rings is 1. The molecule has 0 N–H and O–H groups in total. The van der Waals surface area contributed by atoms with E-state index >= 15 is 0 Å². The van der Waals surface area contributed by atoms with Gasteiger partial charge < -0.3 is 9.80 Å². The first-order chi connectivity index (χ1) is 12.6. The van der Waals surface area contributed by atoms with E-state index in [9.17, 15) is 4.79 Å².